The number of carboxylic acid groups (broad SMARTS) is 1. The van der Waals surface area contributed by atoms with Gasteiger partial charge in [0.1, 0.15) is 11.7 Å². The van der Waals surface area contributed by atoms with E-state index in [4.69, 9.17) is 5.11 Å². The summed E-state index contributed by atoms with van der Waals surface area (Å²) in [5.74, 6) is -3.02. The number of fused-ring (bicyclic) bond motifs is 1. The van der Waals surface area contributed by atoms with Crippen LogP contribution in [-0.4, -0.2) is 60.6 Å². The van der Waals surface area contributed by atoms with Crippen molar-refractivity contribution in [3.8, 4) is 0 Å². The normalized spacial score (nSPS) is 17.6. The van der Waals surface area contributed by atoms with Crippen LogP contribution in [0.5, 0.6) is 0 Å². The Morgan fingerprint density at radius 3 is 2.74 bits per heavy atom. The predicted octanol–water partition coefficient (Wildman–Crippen LogP) is 0.936. The minimum absolute atomic E-state index is 0.0597. The lowest BCUT2D eigenvalue weighted by molar-refractivity contribution is -0.138. The summed E-state index contributed by atoms with van der Waals surface area (Å²) in [6.07, 6.45) is 4.23. The molecule has 0 aliphatic carbocycles. The number of hydrogen-bond acceptors (Lipinski definition) is 8. The van der Waals surface area contributed by atoms with Crippen LogP contribution in [0.2, 0.25) is 0 Å². The number of carboxylic acids is 1. The second-order valence-corrected chi connectivity index (χ2v) is 8.21. The molecule has 3 heterocycles. The largest absolute Gasteiger partial charge is 0.481 e. The number of nitrogens with one attached hydrogen (secondary N) is 2. The summed E-state index contributed by atoms with van der Waals surface area (Å²) in [6.45, 7) is 0.872. The van der Waals surface area contributed by atoms with E-state index >= 15 is 0 Å². The van der Waals surface area contributed by atoms with Gasteiger partial charge in [-0.3, -0.25) is 38.9 Å². The molecule has 2 aromatic rings. The summed E-state index contributed by atoms with van der Waals surface area (Å²) < 4.78 is 1.67. The number of aromatic nitrogens is 3. The zero-order valence-corrected chi connectivity index (χ0v) is 18.3. The Labute approximate surface area is 194 Å². The van der Waals surface area contributed by atoms with Gasteiger partial charge < -0.3 is 10.4 Å². The van der Waals surface area contributed by atoms with Crippen molar-refractivity contribution in [2.24, 2.45) is 0 Å². The zero-order chi connectivity index (χ0) is 24.2. The highest BCUT2D eigenvalue weighted by Crippen LogP contribution is 2.32. The van der Waals surface area contributed by atoms with E-state index in [-0.39, 0.29) is 36.9 Å². The van der Waals surface area contributed by atoms with Crippen LogP contribution in [-0.2, 0) is 27.5 Å². The third-order valence-electron chi connectivity index (χ3n) is 5.79. The van der Waals surface area contributed by atoms with Crippen molar-refractivity contribution < 1.29 is 29.1 Å². The lowest BCUT2D eigenvalue weighted by atomic mass is 10.0. The minimum Gasteiger partial charge on any atom is -0.481 e. The number of carbonyl (C=O) groups excluding carboxylic acids is 4. The fourth-order valence-corrected chi connectivity index (χ4v) is 4.10. The minimum atomic E-state index is -1.02. The lowest BCUT2D eigenvalue weighted by Crippen LogP contribution is -2.54. The van der Waals surface area contributed by atoms with Gasteiger partial charge in [-0.2, -0.15) is 0 Å². The fourth-order valence-electron chi connectivity index (χ4n) is 4.10. The van der Waals surface area contributed by atoms with Crippen LogP contribution in [0.1, 0.15) is 64.9 Å². The molecule has 0 radical (unpaired) electrons. The summed E-state index contributed by atoms with van der Waals surface area (Å²) >= 11 is 0. The molecule has 1 fully saturated rings. The highest BCUT2D eigenvalue weighted by atomic mass is 16.4. The molecule has 2 aliphatic rings. The first-order valence-corrected chi connectivity index (χ1v) is 11.0. The van der Waals surface area contributed by atoms with E-state index in [1.54, 1.807) is 23.0 Å². The van der Waals surface area contributed by atoms with Crippen LogP contribution in [0.3, 0.4) is 0 Å². The summed E-state index contributed by atoms with van der Waals surface area (Å²) in [7, 11) is 0. The summed E-state index contributed by atoms with van der Waals surface area (Å²) in [4.78, 5) is 61.2. The van der Waals surface area contributed by atoms with Crippen LogP contribution in [0.15, 0.2) is 24.4 Å². The molecule has 12 nitrogen and oxygen atoms in total. The van der Waals surface area contributed by atoms with E-state index in [2.05, 4.69) is 20.9 Å². The molecule has 0 saturated carbocycles. The number of carbonyl (C=O) groups is 5. The third-order valence-corrected chi connectivity index (χ3v) is 5.79. The average molecular weight is 468 g/mol. The first kappa shape index (κ1) is 23.1. The molecule has 178 valence electrons. The van der Waals surface area contributed by atoms with Gasteiger partial charge in [-0.1, -0.05) is 17.7 Å². The molecule has 12 heteroatoms. The van der Waals surface area contributed by atoms with Gasteiger partial charge in [0, 0.05) is 25.1 Å². The monoisotopic (exact) mass is 468 g/mol. The van der Waals surface area contributed by atoms with E-state index in [9.17, 15) is 24.0 Å². The van der Waals surface area contributed by atoms with Gasteiger partial charge >= 0.3 is 5.97 Å². The molecule has 34 heavy (non-hydrogen) atoms. The smallest absolute Gasteiger partial charge is 0.303 e. The van der Waals surface area contributed by atoms with Crippen molar-refractivity contribution in [1.29, 1.82) is 0 Å². The Kier molecular flexibility index (Phi) is 6.66. The Morgan fingerprint density at radius 2 is 1.97 bits per heavy atom. The molecule has 4 amide bonds. The summed E-state index contributed by atoms with van der Waals surface area (Å²) in [5.41, 5.74) is 1.45. The van der Waals surface area contributed by atoms with E-state index in [0.29, 0.717) is 24.3 Å². The second-order valence-electron chi connectivity index (χ2n) is 8.21. The molecular weight excluding hydrogens is 444 g/mol. The number of imide groups is 2. The number of anilines is 1. The maximum Gasteiger partial charge on any atom is 0.303 e. The molecule has 1 unspecified atom stereocenters. The number of aliphatic carboxylic acids is 1. The van der Waals surface area contributed by atoms with E-state index < -0.39 is 35.6 Å². The maximum absolute atomic E-state index is 13.1. The number of hydrogen-bond donors (Lipinski definition) is 3. The molecule has 1 aromatic heterocycles. The van der Waals surface area contributed by atoms with Crippen LogP contribution < -0.4 is 10.6 Å². The highest BCUT2D eigenvalue weighted by Gasteiger charge is 2.45. The number of benzene rings is 1. The molecule has 0 bridgehead atoms. The Morgan fingerprint density at radius 1 is 1.15 bits per heavy atom. The van der Waals surface area contributed by atoms with Crippen molar-refractivity contribution in [2.45, 2.75) is 57.7 Å². The van der Waals surface area contributed by atoms with Gasteiger partial charge in [-0.25, -0.2) is 0 Å². The van der Waals surface area contributed by atoms with E-state index in [1.165, 1.54) is 6.07 Å². The van der Waals surface area contributed by atoms with Crippen molar-refractivity contribution in [1.82, 2.24) is 25.2 Å². The van der Waals surface area contributed by atoms with Crippen molar-refractivity contribution >= 4 is 35.3 Å². The van der Waals surface area contributed by atoms with Crippen molar-refractivity contribution in [3.05, 3.63) is 41.2 Å². The molecular formula is C22H24N6O6. The number of rotatable bonds is 10. The van der Waals surface area contributed by atoms with Gasteiger partial charge in [0.15, 0.2) is 0 Å². The second kappa shape index (κ2) is 9.81. The molecule has 2 aliphatic heterocycles. The topological polar surface area (TPSA) is 164 Å². The molecule has 4 rings (SSSR count). The zero-order valence-electron chi connectivity index (χ0n) is 18.3. The van der Waals surface area contributed by atoms with E-state index in [0.717, 1.165) is 17.7 Å². The fraction of sp³-hybridized carbons (Fsp3) is 0.409. The molecule has 3 N–H and O–H groups in total. The van der Waals surface area contributed by atoms with E-state index in [1.807, 2.05) is 0 Å². The first-order chi connectivity index (χ1) is 16.3. The highest BCUT2D eigenvalue weighted by molar-refractivity contribution is 6.25. The Hall–Kier alpha value is -4.09. The predicted molar refractivity (Wildman–Crippen MR) is 117 cm³/mol. The van der Waals surface area contributed by atoms with Gasteiger partial charge in [0.05, 0.1) is 23.9 Å². The van der Waals surface area contributed by atoms with Crippen LogP contribution in [0.25, 0.3) is 0 Å². The number of nitrogens with zero attached hydrogens (tertiary/aromatic N) is 4. The van der Waals surface area contributed by atoms with Crippen molar-refractivity contribution in [3.63, 3.8) is 0 Å². The summed E-state index contributed by atoms with van der Waals surface area (Å²) in [5, 5.41) is 22.1. The Bertz CT molecular complexity index is 1160. The Balaban J connectivity index is 1.39. The van der Waals surface area contributed by atoms with Crippen LogP contribution in [0, 0.1) is 0 Å². The van der Waals surface area contributed by atoms with Gasteiger partial charge in [0.2, 0.25) is 11.8 Å². The van der Waals surface area contributed by atoms with Crippen LogP contribution in [0.4, 0.5) is 5.69 Å². The quantitative estimate of drug-likeness (QED) is 0.340. The molecule has 0 spiro atoms. The van der Waals surface area contributed by atoms with Crippen LogP contribution >= 0.6 is 0 Å². The molecule has 1 aromatic carbocycles. The molecule has 1 saturated heterocycles. The molecule has 1 atom stereocenters. The number of unbranched alkanes of at least 4 members (excludes halogenated alkanes) is 2. The number of aryl methyl sites for hydroxylation is 1. The SMILES string of the molecule is O=C(O)CCCCCn1cc(CNc2cccc3c2C(=O)N(C2CCC(=O)NC2=O)C3=O)nn1. The standard InChI is InChI=1S/C22H24N6O6/c29-17-9-8-16(20(32)24-17)28-21(33)14-5-4-6-15(19(14)22(28)34)23-11-13-12-27(26-25-13)10-3-1-2-7-18(30)31/h4-6,12,16,23H,1-3,7-11H2,(H,30,31)(H,24,29,32). The van der Waals surface area contributed by atoms with Gasteiger partial charge in [0.25, 0.3) is 11.8 Å². The van der Waals surface area contributed by atoms with Gasteiger partial charge in [-0.15, -0.1) is 5.10 Å². The number of amides is 4. The third kappa shape index (κ3) is 4.80. The van der Waals surface area contributed by atoms with Crippen molar-refractivity contribution in [2.75, 3.05) is 5.32 Å². The summed E-state index contributed by atoms with van der Waals surface area (Å²) in [6, 6.07) is 3.83. The van der Waals surface area contributed by atoms with Gasteiger partial charge in [-0.05, 0) is 31.4 Å². The lowest BCUT2D eigenvalue weighted by Gasteiger charge is -2.27. The number of piperidine rings is 1. The first-order valence-electron chi connectivity index (χ1n) is 11.0. The maximum atomic E-state index is 13.1. The average Bonchev–Trinajstić information content (AvgIpc) is 3.35.